The molecule has 30 heavy (non-hydrogen) atoms. The lowest BCUT2D eigenvalue weighted by atomic mass is 10.1. The van der Waals surface area contributed by atoms with Gasteiger partial charge in [-0.15, -0.1) is 0 Å². The standard InChI is InChI=1S/C25H34N2O3/c1-7-22(24(29)26-25(4,5)6)27(16-20-12-8-10-18(2)14-20)23(28)17-30-21-13-9-11-19(3)15-21/h8-15,22H,7,16-17H2,1-6H3,(H,26,29)/t22-/m0/s1. The number of nitrogens with zero attached hydrogens (tertiary/aromatic N) is 1. The highest BCUT2D eigenvalue weighted by molar-refractivity contribution is 5.88. The zero-order valence-electron chi connectivity index (χ0n) is 19.0. The fourth-order valence-electron chi connectivity index (χ4n) is 3.31. The highest BCUT2D eigenvalue weighted by Gasteiger charge is 2.30. The molecule has 0 aliphatic carbocycles. The Morgan fingerprint density at radius 2 is 1.67 bits per heavy atom. The van der Waals surface area contributed by atoms with Crippen LogP contribution in [0.25, 0.3) is 0 Å². The van der Waals surface area contributed by atoms with Crippen molar-refractivity contribution in [3.8, 4) is 5.75 Å². The maximum atomic E-state index is 13.2. The van der Waals surface area contributed by atoms with Crippen LogP contribution in [0, 0.1) is 13.8 Å². The summed E-state index contributed by atoms with van der Waals surface area (Å²) in [6.07, 6.45) is 0.518. The average molecular weight is 411 g/mol. The second-order valence-corrected chi connectivity index (χ2v) is 8.78. The Bertz CT molecular complexity index is 871. The molecule has 2 aromatic carbocycles. The van der Waals surface area contributed by atoms with E-state index in [1.54, 1.807) is 4.90 Å². The largest absolute Gasteiger partial charge is 0.484 e. The molecule has 162 valence electrons. The van der Waals surface area contributed by atoms with Gasteiger partial charge in [0, 0.05) is 12.1 Å². The third kappa shape index (κ3) is 7.21. The van der Waals surface area contributed by atoms with Crippen LogP contribution >= 0.6 is 0 Å². The Morgan fingerprint density at radius 3 is 2.23 bits per heavy atom. The quantitative estimate of drug-likeness (QED) is 0.701. The van der Waals surface area contributed by atoms with Gasteiger partial charge in [-0.1, -0.05) is 48.9 Å². The van der Waals surface area contributed by atoms with Crippen LogP contribution in [0.4, 0.5) is 0 Å². The van der Waals surface area contributed by atoms with Gasteiger partial charge in [0.25, 0.3) is 5.91 Å². The van der Waals surface area contributed by atoms with E-state index < -0.39 is 6.04 Å². The summed E-state index contributed by atoms with van der Waals surface area (Å²) in [7, 11) is 0. The number of rotatable bonds is 8. The van der Waals surface area contributed by atoms with Crippen LogP contribution in [-0.4, -0.2) is 34.9 Å². The van der Waals surface area contributed by atoms with E-state index in [0.717, 1.165) is 16.7 Å². The number of carbonyl (C=O) groups is 2. The van der Waals surface area contributed by atoms with E-state index in [1.807, 2.05) is 90.1 Å². The molecular weight excluding hydrogens is 376 g/mol. The molecule has 0 aliphatic heterocycles. The minimum absolute atomic E-state index is 0.117. The van der Waals surface area contributed by atoms with Gasteiger partial charge in [-0.05, 0) is 64.3 Å². The number of hydrogen-bond donors (Lipinski definition) is 1. The van der Waals surface area contributed by atoms with Gasteiger partial charge >= 0.3 is 0 Å². The van der Waals surface area contributed by atoms with Crippen LogP contribution in [0.15, 0.2) is 48.5 Å². The van der Waals surface area contributed by atoms with Crippen LogP contribution in [-0.2, 0) is 16.1 Å². The number of carbonyl (C=O) groups excluding carboxylic acids is 2. The zero-order chi connectivity index (χ0) is 22.3. The third-order valence-electron chi connectivity index (χ3n) is 4.67. The maximum absolute atomic E-state index is 13.2. The lowest BCUT2D eigenvalue weighted by molar-refractivity contribution is -0.143. The summed E-state index contributed by atoms with van der Waals surface area (Å²) in [5.74, 6) is 0.279. The maximum Gasteiger partial charge on any atom is 0.261 e. The van der Waals surface area contributed by atoms with Crippen molar-refractivity contribution >= 4 is 11.8 Å². The third-order valence-corrected chi connectivity index (χ3v) is 4.67. The molecule has 0 bridgehead atoms. The first-order valence-corrected chi connectivity index (χ1v) is 10.5. The van der Waals surface area contributed by atoms with Gasteiger partial charge in [-0.25, -0.2) is 0 Å². The SMILES string of the molecule is CC[C@@H](C(=O)NC(C)(C)C)N(Cc1cccc(C)c1)C(=O)COc1cccc(C)c1. The molecule has 0 saturated heterocycles. The Morgan fingerprint density at radius 1 is 1.03 bits per heavy atom. The number of benzene rings is 2. The Kier molecular flexibility index (Phi) is 8.04. The van der Waals surface area contributed by atoms with Crippen molar-refractivity contribution in [1.82, 2.24) is 10.2 Å². The molecule has 2 rings (SSSR count). The van der Waals surface area contributed by atoms with E-state index >= 15 is 0 Å². The minimum atomic E-state index is -0.571. The summed E-state index contributed by atoms with van der Waals surface area (Å²) in [5, 5.41) is 3.01. The van der Waals surface area contributed by atoms with Gasteiger partial charge in [-0.2, -0.15) is 0 Å². The second kappa shape index (κ2) is 10.3. The number of aryl methyl sites for hydroxylation is 2. The van der Waals surface area contributed by atoms with Crippen molar-refractivity contribution in [3.05, 3.63) is 65.2 Å². The molecule has 0 radical (unpaired) electrons. The molecule has 5 nitrogen and oxygen atoms in total. The first-order chi connectivity index (χ1) is 14.1. The molecule has 0 spiro atoms. The molecule has 1 atom stereocenters. The van der Waals surface area contributed by atoms with Gasteiger partial charge in [0.05, 0.1) is 0 Å². The summed E-state index contributed by atoms with van der Waals surface area (Å²) in [6.45, 7) is 12.0. The van der Waals surface area contributed by atoms with Gasteiger partial charge in [0.1, 0.15) is 11.8 Å². The zero-order valence-corrected chi connectivity index (χ0v) is 19.0. The number of nitrogens with one attached hydrogen (secondary N) is 1. The van der Waals surface area contributed by atoms with Crippen molar-refractivity contribution in [2.24, 2.45) is 0 Å². The molecule has 2 amide bonds. The Balaban J connectivity index is 2.24. The van der Waals surface area contributed by atoms with Crippen molar-refractivity contribution in [1.29, 1.82) is 0 Å². The summed E-state index contributed by atoms with van der Waals surface area (Å²) < 4.78 is 5.74. The van der Waals surface area contributed by atoms with Crippen LogP contribution in [0.1, 0.15) is 50.8 Å². The van der Waals surface area contributed by atoms with E-state index in [2.05, 4.69) is 5.32 Å². The topological polar surface area (TPSA) is 58.6 Å². The van der Waals surface area contributed by atoms with E-state index in [1.165, 1.54) is 0 Å². The van der Waals surface area contributed by atoms with Crippen molar-refractivity contribution < 1.29 is 14.3 Å². The van der Waals surface area contributed by atoms with E-state index in [9.17, 15) is 9.59 Å². The van der Waals surface area contributed by atoms with Gasteiger partial charge < -0.3 is 15.0 Å². The molecular formula is C25H34N2O3. The highest BCUT2D eigenvalue weighted by atomic mass is 16.5. The molecule has 0 aromatic heterocycles. The number of amides is 2. The number of hydrogen-bond acceptors (Lipinski definition) is 3. The normalized spacial score (nSPS) is 12.2. The molecule has 0 fully saturated rings. The highest BCUT2D eigenvalue weighted by Crippen LogP contribution is 2.17. The van der Waals surface area contributed by atoms with Crippen molar-refractivity contribution in [2.45, 2.75) is 66.1 Å². The number of ether oxygens (including phenoxy) is 1. The fourth-order valence-corrected chi connectivity index (χ4v) is 3.31. The Labute approximate surface area is 180 Å². The minimum Gasteiger partial charge on any atom is -0.484 e. The lowest BCUT2D eigenvalue weighted by Crippen LogP contribution is -2.54. The van der Waals surface area contributed by atoms with Crippen molar-refractivity contribution in [3.63, 3.8) is 0 Å². The summed E-state index contributed by atoms with van der Waals surface area (Å²) in [5.41, 5.74) is 2.79. The Hall–Kier alpha value is -2.82. The monoisotopic (exact) mass is 410 g/mol. The predicted molar refractivity (Wildman–Crippen MR) is 120 cm³/mol. The molecule has 0 unspecified atom stereocenters. The summed E-state index contributed by atoms with van der Waals surface area (Å²) in [6, 6.07) is 15.0. The summed E-state index contributed by atoms with van der Waals surface area (Å²) in [4.78, 5) is 27.8. The average Bonchev–Trinajstić information content (AvgIpc) is 2.64. The molecule has 0 heterocycles. The smallest absolute Gasteiger partial charge is 0.261 e. The molecule has 0 saturated carbocycles. The van der Waals surface area contributed by atoms with Crippen molar-refractivity contribution in [2.75, 3.05) is 6.61 Å². The predicted octanol–water partition coefficient (Wildman–Crippen LogP) is 4.40. The van der Waals surface area contributed by atoms with Crippen LogP contribution < -0.4 is 10.1 Å². The van der Waals surface area contributed by atoms with Gasteiger partial charge in [0.15, 0.2) is 6.61 Å². The van der Waals surface area contributed by atoms with Crippen LogP contribution in [0.2, 0.25) is 0 Å². The molecule has 1 N–H and O–H groups in total. The second-order valence-electron chi connectivity index (χ2n) is 8.78. The van der Waals surface area contributed by atoms with Crippen LogP contribution in [0.5, 0.6) is 5.75 Å². The van der Waals surface area contributed by atoms with Crippen LogP contribution in [0.3, 0.4) is 0 Å². The van der Waals surface area contributed by atoms with Gasteiger partial charge in [-0.3, -0.25) is 9.59 Å². The molecule has 2 aromatic rings. The van der Waals surface area contributed by atoms with E-state index in [-0.39, 0.29) is 24.0 Å². The first-order valence-electron chi connectivity index (χ1n) is 10.5. The fraction of sp³-hybridized carbons (Fsp3) is 0.440. The van der Waals surface area contributed by atoms with E-state index in [0.29, 0.717) is 18.7 Å². The lowest BCUT2D eigenvalue weighted by Gasteiger charge is -2.33. The molecule has 0 aliphatic rings. The van der Waals surface area contributed by atoms with Gasteiger partial charge in [0.2, 0.25) is 5.91 Å². The molecule has 5 heteroatoms. The van der Waals surface area contributed by atoms with E-state index in [4.69, 9.17) is 4.74 Å². The summed E-state index contributed by atoms with van der Waals surface area (Å²) >= 11 is 0. The first kappa shape index (κ1) is 23.5.